The van der Waals surface area contributed by atoms with E-state index in [4.69, 9.17) is 10.8 Å². The van der Waals surface area contributed by atoms with Crippen LogP contribution in [0.4, 0.5) is 11.4 Å². The van der Waals surface area contributed by atoms with Crippen molar-refractivity contribution >= 4 is 11.4 Å². The van der Waals surface area contributed by atoms with Crippen LogP contribution in [0.25, 0.3) is 0 Å². The Bertz CT molecular complexity index is 389. The molecule has 1 aromatic carbocycles. The summed E-state index contributed by atoms with van der Waals surface area (Å²) in [5, 5.41) is 8.75. The monoisotopic (exact) mass is 277 g/mol. The second kappa shape index (κ2) is 8.12. The molecule has 0 radical (unpaired) electrons. The standard InChI is InChI=1S/C16H27N3O/c17-15-6-5-7-16(14-15)19-11-9-18(10-12-19)8-3-1-2-4-13-20/h5-7,14,20H,1-4,8-13,17H2. The molecule has 1 aliphatic rings. The summed E-state index contributed by atoms with van der Waals surface area (Å²) in [6, 6.07) is 8.16. The van der Waals surface area contributed by atoms with Gasteiger partial charge in [0.15, 0.2) is 0 Å². The highest BCUT2D eigenvalue weighted by atomic mass is 16.2. The van der Waals surface area contributed by atoms with E-state index in [0.717, 1.165) is 44.7 Å². The topological polar surface area (TPSA) is 52.7 Å². The van der Waals surface area contributed by atoms with Crippen LogP contribution in [0.15, 0.2) is 24.3 Å². The molecule has 0 unspecified atom stereocenters. The fourth-order valence-electron chi connectivity index (χ4n) is 2.75. The molecule has 2 rings (SSSR count). The van der Waals surface area contributed by atoms with Gasteiger partial charge in [-0.15, -0.1) is 0 Å². The van der Waals surface area contributed by atoms with Crippen molar-refractivity contribution in [3.63, 3.8) is 0 Å². The fraction of sp³-hybridized carbons (Fsp3) is 0.625. The number of anilines is 2. The van der Waals surface area contributed by atoms with Gasteiger partial charge in [0.25, 0.3) is 0 Å². The lowest BCUT2D eigenvalue weighted by Gasteiger charge is -2.36. The van der Waals surface area contributed by atoms with Crippen molar-refractivity contribution in [2.75, 3.05) is 50.0 Å². The minimum absolute atomic E-state index is 0.332. The van der Waals surface area contributed by atoms with Crippen LogP contribution < -0.4 is 10.6 Å². The Hall–Kier alpha value is -1.26. The molecule has 0 saturated carbocycles. The van der Waals surface area contributed by atoms with Crippen molar-refractivity contribution < 1.29 is 5.11 Å². The zero-order chi connectivity index (χ0) is 14.2. The summed E-state index contributed by atoms with van der Waals surface area (Å²) >= 11 is 0. The number of aliphatic hydroxyl groups is 1. The summed E-state index contributed by atoms with van der Waals surface area (Å²) in [5.74, 6) is 0. The molecule has 0 bridgehead atoms. The van der Waals surface area contributed by atoms with Crippen LogP contribution in [0.2, 0.25) is 0 Å². The summed E-state index contributed by atoms with van der Waals surface area (Å²) in [5.41, 5.74) is 7.93. The van der Waals surface area contributed by atoms with Gasteiger partial charge >= 0.3 is 0 Å². The molecular formula is C16H27N3O. The Kier molecular flexibility index (Phi) is 6.15. The van der Waals surface area contributed by atoms with E-state index < -0.39 is 0 Å². The first-order valence-electron chi connectivity index (χ1n) is 7.73. The maximum atomic E-state index is 8.75. The van der Waals surface area contributed by atoms with Crippen molar-refractivity contribution in [2.24, 2.45) is 0 Å². The van der Waals surface area contributed by atoms with Gasteiger partial charge < -0.3 is 15.7 Å². The quantitative estimate of drug-likeness (QED) is 0.591. The van der Waals surface area contributed by atoms with Gasteiger partial charge in [-0.25, -0.2) is 0 Å². The Morgan fingerprint density at radius 1 is 1.00 bits per heavy atom. The van der Waals surface area contributed by atoms with E-state index in [1.807, 2.05) is 12.1 Å². The van der Waals surface area contributed by atoms with Crippen molar-refractivity contribution in [1.82, 2.24) is 4.90 Å². The van der Waals surface area contributed by atoms with Crippen LogP contribution in [0.5, 0.6) is 0 Å². The third-order valence-corrected chi connectivity index (χ3v) is 3.99. The Labute approximate surface area is 122 Å². The van der Waals surface area contributed by atoms with Gasteiger partial charge in [-0.1, -0.05) is 18.9 Å². The van der Waals surface area contributed by atoms with Crippen molar-refractivity contribution in [2.45, 2.75) is 25.7 Å². The van der Waals surface area contributed by atoms with Crippen LogP contribution in [0.1, 0.15) is 25.7 Å². The van der Waals surface area contributed by atoms with E-state index in [9.17, 15) is 0 Å². The van der Waals surface area contributed by atoms with Gasteiger partial charge in [-0.3, -0.25) is 4.90 Å². The number of nitrogens with zero attached hydrogens (tertiary/aromatic N) is 2. The molecule has 1 aliphatic heterocycles. The molecule has 0 aromatic heterocycles. The van der Waals surface area contributed by atoms with Gasteiger partial charge in [-0.05, 0) is 37.6 Å². The molecule has 3 N–H and O–H groups in total. The molecule has 4 nitrogen and oxygen atoms in total. The van der Waals surface area contributed by atoms with Crippen molar-refractivity contribution in [3.8, 4) is 0 Å². The average Bonchev–Trinajstić information content (AvgIpc) is 2.48. The number of nitrogens with two attached hydrogens (primary N) is 1. The highest BCUT2D eigenvalue weighted by molar-refractivity contribution is 5.56. The number of hydrogen-bond acceptors (Lipinski definition) is 4. The van der Waals surface area contributed by atoms with Gasteiger partial charge in [0.05, 0.1) is 0 Å². The average molecular weight is 277 g/mol. The normalized spacial score (nSPS) is 16.6. The summed E-state index contributed by atoms with van der Waals surface area (Å²) < 4.78 is 0. The zero-order valence-electron chi connectivity index (χ0n) is 12.3. The fourth-order valence-corrected chi connectivity index (χ4v) is 2.75. The van der Waals surface area contributed by atoms with Gasteiger partial charge in [0, 0.05) is 44.2 Å². The van der Waals surface area contributed by atoms with Crippen molar-refractivity contribution in [3.05, 3.63) is 24.3 Å². The number of nitrogen functional groups attached to an aromatic ring is 1. The molecule has 1 aromatic rings. The highest BCUT2D eigenvalue weighted by Gasteiger charge is 2.16. The second-order valence-electron chi connectivity index (χ2n) is 5.56. The Morgan fingerprint density at radius 3 is 2.45 bits per heavy atom. The number of unbranched alkanes of at least 4 members (excludes halogenated alkanes) is 3. The lowest BCUT2D eigenvalue weighted by atomic mass is 10.2. The second-order valence-corrected chi connectivity index (χ2v) is 5.56. The number of aliphatic hydroxyl groups excluding tert-OH is 1. The summed E-state index contributed by atoms with van der Waals surface area (Å²) in [6.45, 7) is 5.96. The van der Waals surface area contributed by atoms with Gasteiger partial charge in [-0.2, -0.15) is 0 Å². The van der Waals surface area contributed by atoms with Gasteiger partial charge in [0.1, 0.15) is 0 Å². The molecule has 112 valence electrons. The predicted octanol–water partition coefficient (Wildman–Crippen LogP) is 1.94. The third-order valence-electron chi connectivity index (χ3n) is 3.99. The summed E-state index contributed by atoms with van der Waals surface area (Å²) in [7, 11) is 0. The predicted molar refractivity (Wildman–Crippen MR) is 85.1 cm³/mol. The molecule has 0 atom stereocenters. The van der Waals surface area contributed by atoms with Crippen LogP contribution in [-0.2, 0) is 0 Å². The molecule has 1 heterocycles. The zero-order valence-corrected chi connectivity index (χ0v) is 12.3. The molecular weight excluding hydrogens is 250 g/mol. The summed E-state index contributed by atoms with van der Waals surface area (Å²) in [4.78, 5) is 4.96. The maximum absolute atomic E-state index is 8.75. The van der Waals surface area contributed by atoms with E-state index in [0.29, 0.717) is 6.61 Å². The Balaban J connectivity index is 1.67. The van der Waals surface area contributed by atoms with E-state index >= 15 is 0 Å². The highest BCUT2D eigenvalue weighted by Crippen LogP contribution is 2.19. The van der Waals surface area contributed by atoms with Crippen LogP contribution in [0.3, 0.4) is 0 Å². The molecule has 0 spiro atoms. The van der Waals surface area contributed by atoms with E-state index in [1.165, 1.54) is 25.1 Å². The van der Waals surface area contributed by atoms with Crippen LogP contribution in [-0.4, -0.2) is 49.3 Å². The van der Waals surface area contributed by atoms with Gasteiger partial charge in [0.2, 0.25) is 0 Å². The molecule has 20 heavy (non-hydrogen) atoms. The molecule has 1 fully saturated rings. The SMILES string of the molecule is Nc1cccc(N2CCN(CCCCCCO)CC2)c1. The van der Waals surface area contributed by atoms with Crippen molar-refractivity contribution in [1.29, 1.82) is 0 Å². The number of hydrogen-bond donors (Lipinski definition) is 2. The van der Waals surface area contributed by atoms with E-state index in [-0.39, 0.29) is 0 Å². The first-order valence-corrected chi connectivity index (χ1v) is 7.73. The third kappa shape index (κ3) is 4.69. The molecule has 0 amide bonds. The van der Waals surface area contributed by atoms with Crippen LogP contribution in [0, 0.1) is 0 Å². The molecule has 0 aliphatic carbocycles. The smallest absolute Gasteiger partial charge is 0.0431 e. The number of rotatable bonds is 7. The van der Waals surface area contributed by atoms with Crippen LogP contribution >= 0.6 is 0 Å². The summed E-state index contributed by atoms with van der Waals surface area (Å²) in [6.07, 6.45) is 4.58. The largest absolute Gasteiger partial charge is 0.399 e. The first-order chi connectivity index (χ1) is 9.79. The lowest BCUT2D eigenvalue weighted by molar-refractivity contribution is 0.247. The molecule has 4 heteroatoms. The molecule has 1 saturated heterocycles. The number of piperazine rings is 1. The minimum atomic E-state index is 0.332. The Morgan fingerprint density at radius 2 is 1.75 bits per heavy atom. The lowest BCUT2D eigenvalue weighted by Crippen LogP contribution is -2.46. The van der Waals surface area contributed by atoms with E-state index in [1.54, 1.807) is 0 Å². The first kappa shape index (κ1) is 15.1. The number of benzene rings is 1. The maximum Gasteiger partial charge on any atom is 0.0431 e. The minimum Gasteiger partial charge on any atom is -0.399 e. The van der Waals surface area contributed by atoms with E-state index in [2.05, 4.69) is 21.9 Å².